The molecule has 0 spiro atoms. The summed E-state index contributed by atoms with van der Waals surface area (Å²) in [7, 11) is 0. The van der Waals surface area contributed by atoms with Crippen LogP contribution in [0.15, 0.2) is 0 Å². The van der Waals surface area contributed by atoms with Crippen molar-refractivity contribution in [2.24, 2.45) is 5.73 Å². The number of nitrogens with zero attached hydrogens (tertiary/aromatic N) is 1. The van der Waals surface area contributed by atoms with Crippen molar-refractivity contribution in [3.8, 4) is 0 Å². The van der Waals surface area contributed by atoms with Crippen LogP contribution in [-0.2, 0) is 4.79 Å². The smallest absolute Gasteiger partial charge is 0.240 e. The third-order valence-corrected chi connectivity index (χ3v) is 3.88. The summed E-state index contributed by atoms with van der Waals surface area (Å²) in [5.74, 6) is 0.00680. The zero-order valence-electron chi connectivity index (χ0n) is 12.7. The molecule has 0 bridgehead atoms. The molecule has 0 aromatic carbocycles. The molecule has 19 heavy (non-hydrogen) atoms. The molecular weight excluding hydrogens is 262 g/mol. The molecule has 3 N–H and O–H groups in total. The fourth-order valence-electron chi connectivity index (χ4n) is 2.54. The molecule has 0 aliphatic carbocycles. The number of carbonyl (C=O) groups is 1. The number of nitrogens with two attached hydrogens (primary N) is 1. The fourth-order valence-corrected chi connectivity index (χ4v) is 2.54. The van der Waals surface area contributed by atoms with Crippen molar-refractivity contribution in [2.45, 2.75) is 71.0 Å². The van der Waals surface area contributed by atoms with Crippen LogP contribution in [-0.4, -0.2) is 41.5 Å². The van der Waals surface area contributed by atoms with Gasteiger partial charge in [0.2, 0.25) is 5.91 Å². The summed E-state index contributed by atoms with van der Waals surface area (Å²) < 4.78 is 0. The molecule has 1 rings (SSSR count). The van der Waals surface area contributed by atoms with E-state index in [4.69, 9.17) is 5.73 Å². The normalized spacial score (nSPS) is 20.7. The number of amides is 1. The highest BCUT2D eigenvalue weighted by molar-refractivity contribution is 5.86. The molecule has 1 fully saturated rings. The van der Waals surface area contributed by atoms with Crippen molar-refractivity contribution in [3.05, 3.63) is 0 Å². The first-order valence-corrected chi connectivity index (χ1v) is 7.20. The van der Waals surface area contributed by atoms with Crippen molar-refractivity contribution in [1.29, 1.82) is 0 Å². The van der Waals surface area contributed by atoms with Gasteiger partial charge < -0.3 is 16.0 Å². The molecular formula is C14H30ClN3O. The van der Waals surface area contributed by atoms with Crippen molar-refractivity contribution < 1.29 is 4.79 Å². The number of carbonyl (C=O) groups excluding carboxylic acids is 1. The first-order valence-electron chi connectivity index (χ1n) is 7.20. The van der Waals surface area contributed by atoms with Crippen molar-refractivity contribution in [3.63, 3.8) is 0 Å². The monoisotopic (exact) mass is 291 g/mol. The second-order valence-electron chi connectivity index (χ2n) is 6.04. The third-order valence-electron chi connectivity index (χ3n) is 3.88. The molecule has 0 aromatic heterocycles. The quantitative estimate of drug-likeness (QED) is 0.813. The van der Waals surface area contributed by atoms with E-state index >= 15 is 0 Å². The minimum atomic E-state index is -0.718. The highest BCUT2D eigenvalue weighted by atomic mass is 35.5. The second-order valence-corrected chi connectivity index (χ2v) is 6.04. The summed E-state index contributed by atoms with van der Waals surface area (Å²) in [6.07, 6.45) is 3.74. The largest absolute Gasteiger partial charge is 0.352 e. The van der Waals surface area contributed by atoms with Crippen LogP contribution in [0.3, 0.4) is 0 Å². The highest BCUT2D eigenvalue weighted by Crippen LogP contribution is 2.15. The van der Waals surface area contributed by atoms with Crippen molar-refractivity contribution in [2.75, 3.05) is 13.1 Å². The van der Waals surface area contributed by atoms with Crippen LogP contribution in [0, 0.1) is 0 Å². The van der Waals surface area contributed by atoms with E-state index in [1.54, 1.807) is 0 Å². The predicted molar refractivity (Wildman–Crippen MR) is 82.6 cm³/mol. The number of hydrogen-bond donors (Lipinski definition) is 2. The van der Waals surface area contributed by atoms with E-state index in [-0.39, 0.29) is 18.3 Å². The summed E-state index contributed by atoms with van der Waals surface area (Å²) in [4.78, 5) is 14.5. The molecule has 0 aromatic rings. The highest BCUT2D eigenvalue weighted by Gasteiger charge is 2.30. The van der Waals surface area contributed by atoms with E-state index in [0.717, 1.165) is 38.8 Å². The minimum absolute atomic E-state index is 0. The van der Waals surface area contributed by atoms with Gasteiger partial charge in [-0.15, -0.1) is 12.4 Å². The molecule has 4 nitrogen and oxygen atoms in total. The van der Waals surface area contributed by atoms with Gasteiger partial charge in [0, 0.05) is 25.2 Å². The first kappa shape index (κ1) is 18.7. The molecule has 1 heterocycles. The molecule has 1 saturated heterocycles. The Bertz CT molecular complexity index is 274. The van der Waals surface area contributed by atoms with Gasteiger partial charge in [-0.1, -0.05) is 13.3 Å². The average Bonchev–Trinajstić information content (AvgIpc) is 2.29. The Hall–Kier alpha value is -0.320. The topological polar surface area (TPSA) is 58.4 Å². The van der Waals surface area contributed by atoms with Gasteiger partial charge >= 0.3 is 0 Å². The molecule has 114 valence electrons. The molecule has 1 unspecified atom stereocenters. The summed E-state index contributed by atoms with van der Waals surface area (Å²) in [5, 5.41) is 3.11. The average molecular weight is 292 g/mol. The standard InChI is InChI=1S/C14H29N3O.ClH/c1-5-8-14(4,15)13(18)16-12-6-9-17(10-7-12)11(2)3;/h11-12H,5-10,15H2,1-4H3,(H,16,18);1H. The molecule has 1 atom stereocenters. The predicted octanol–water partition coefficient (Wildman–Crippen LogP) is 1.91. The minimum Gasteiger partial charge on any atom is -0.352 e. The maximum atomic E-state index is 12.1. The van der Waals surface area contributed by atoms with Gasteiger partial charge in [-0.05, 0) is 40.0 Å². The molecule has 1 aliphatic heterocycles. The molecule has 1 amide bonds. The van der Waals surface area contributed by atoms with Gasteiger partial charge in [-0.25, -0.2) is 0 Å². The molecule has 1 aliphatic rings. The van der Waals surface area contributed by atoms with Crippen molar-refractivity contribution in [1.82, 2.24) is 10.2 Å². The Morgan fingerprint density at radius 1 is 1.42 bits per heavy atom. The zero-order valence-corrected chi connectivity index (χ0v) is 13.6. The van der Waals surface area contributed by atoms with Crippen LogP contribution in [0.5, 0.6) is 0 Å². The van der Waals surface area contributed by atoms with Crippen molar-refractivity contribution >= 4 is 18.3 Å². The van der Waals surface area contributed by atoms with E-state index < -0.39 is 5.54 Å². The molecule has 0 radical (unpaired) electrons. The maximum absolute atomic E-state index is 12.1. The van der Waals surface area contributed by atoms with Gasteiger partial charge in [0.05, 0.1) is 5.54 Å². The molecule has 5 heteroatoms. The number of likely N-dealkylation sites (tertiary alicyclic amines) is 1. The van der Waals surface area contributed by atoms with Gasteiger partial charge in [-0.3, -0.25) is 4.79 Å². The van der Waals surface area contributed by atoms with Crippen LogP contribution in [0.4, 0.5) is 0 Å². The first-order chi connectivity index (χ1) is 8.36. The summed E-state index contributed by atoms with van der Waals surface area (Å²) in [6.45, 7) is 10.5. The van der Waals surface area contributed by atoms with Crippen LogP contribution < -0.4 is 11.1 Å². The van der Waals surface area contributed by atoms with E-state index in [1.807, 2.05) is 6.92 Å². The number of hydrogen-bond acceptors (Lipinski definition) is 3. The SMILES string of the molecule is CCCC(C)(N)C(=O)NC1CCN(C(C)C)CC1.Cl. The maximum Gasteiger partial charge on any atom is 0.240 e. The number of halogens is 1. The van der Waals surface area contributed by atoms with E-state index in [1.165, 1.54) is 0 Å². The second kappa shape index (κ2) is 8.08. The Balaban J connectivity index is 0.00000324. The summed E-state index contributed by atoms with van der Waals surface area (Å²) >= 11 is 0. The Kier molecular flexibility index (Phi) is 7.94. The Labute approximate surface area is 123 Å². The Morgan fingerprint density at radius 2 is 1.95 bits per heavy atom. The number of rotatable bonds is 5. The van der Waals surface area contributed by atoms with Crippen LogP contribution in [0.1, 0.15) is 53.4 Å². The van der Waals surface area contributed by atoms with Gasteiger partial charge in [0.1, 0.15) is 0 Å². The Morgan fingerprint density at radius 3 is 2.37 bits per heavy atom. The lowest BCUT2D eigenvalue weighted by molar-refractivity contribution is -0.127. The summed E-state index contributed by atoms with van der Waals surface area (Å²) in [6, 6.07) is 0.897. The fraction of sp³-hybridized carbons (Fsp3) is 0.929. The van der Waals surface area contributed by atoms with Crippen LogP contribution in [0.25, 0.3) is 0 Å². The zero-order chi connectivity index (χ0) is 13.8. The number of piperidine rings is 1. The van der Waals surface area contributed by atoms with Crippen LogP contribution in [0.2, 0.25) is 0 Å². The molecule has 0 saturated carbocycles. The third kappa shape index (κ3) is 5.67. The lowest BCUT2D eigenvalue weighted by Gasteiger charge is -2.36. The van der Waals surface area contributed by atoms with Crippen LogP contribution >= 0.6 is 12.4 Å². The van der Waals surface area contributed by atoms with Gasteiger partial charge in [0.15, 0.2) is 0 Å². The van der Waals surface area contributed by atoms with E-state index in [9.17, 15) is 4.79 Å². The summed E-state index contributed by atoms with van der Waals surface area (Å²) in [5.41, 5.74) is 5.32. The lowest BCUT2D eigenvalue weighted by atomic mass is 9.95. The van der Waals surface area contributed by atoms with E-state index in [2.05, 4.69) is 31.0 Å². The van der Waals surface area contributed by atoms with Gasteiger partial charge in [0.25, 0.3) is 0 Å². The van der Waals surface area contributed by atoms with E-state index in [0.29, 0.717) is 12.1 Å². The van der Waals surface area contributed by atoms with Gasteiger partial charge in [-0.2, -0.15) is 0 Å². The lowest BCUT2D eigenvalue weighted by Crippen LogP contribution is -2.56. The number of nitrogens with one attached hydrogen (secondary N) is 1.